The van der Waals surface area contributed by atoms with Crippen LogP contribution in [0, 0.1) is 25.6 Å². The number of carbonyl (C=O) groups excluding carboxylic acids is 1. The molecule has 2 fully saturated rings. The Morgan fingerprint density at radius 3 is 2.75 bits per heavy atom. The fourth-order valence-corrected chi connectivity index (χ4v) is 5.88. The lowest BCUT2D eigenvalue weighted by atomic mass is 10.1. The van der Waals surface area contributed by atoms with E-state index < -0.39 is 11.8 Å². The van der Waals surface area contributed by atoms with Gasteiger partial charge in [-0.1, -0.05) is 29.8 Å². The van der Waals surface area contributed by atoms with Gasteiger partial charge in [0.15, 0.2) is 11.4 Å². The molecule has 6 rings (SSSR count). The lowest BCUT2D eigenvalue weighted by Crippen LogP contribution is -2.42. The predicted molar refractivity (Wildman–Crippen MR) is 136 cm³/mol. The zero-order chi connectivity index (χ0) is 25.6. The summed E-state index contributed by atoms with van der Waals surface area (Å²) >= 11 is 1.60. The van der Waals surface area contributed by atoms with Crippen LogP contribution in [0.25, 0.3) is 21.4 Å². The minimum atomic E-state index is -1.09. The Morgan fingerprint density at radius 1 is 1.22 bits per heavy atom. The van der Waals surface area contributed by atoms with Gasteiger partial charge in [-0.15, -0.1) is 11.3 Å². The Morgan fingerprint density at radius 2 is 2.03 bits per heavy atom. The van der Waals surface area contributed by atoms with E-state index in [0.29, 0.717) is 24.2 Å². The zero-order valence-corrected chi connectivity index (χ0v) is 20.7. The number of aromatic carboxylic acids is 1. The van der Waals surface area contributed by atoms with Crippen molar-refractivity contribution in [3.05, 3.63) is 76.4 Å². The van der Waals surface area contributed by atoms with Gasteiger partial charge in [-0.25, -0.2) is 14.2 Å². The number of nitrogens with zero attached hydrogens (tertiary/aromatic N) is 2. The van der Waals surface area contributed by atoms with E-state index in [9.17, 15) is 14.0 Å². The highest BCUT2D eigenvalue weighted by Crippen LogP contribution is 2.48. The minimum absolute atomic E-state index is 0.0140. The molecule has 7 nitrogen and oxygen atoms in total. The molecule has 1 aliphatic heterocycles. The topological polar surface area (TPSA) is 110 Å². The van der Waals surface area contributed by atoms with Crippen molar-refractivity contribution >= 4 is 34.2 Å². The first-order chi connectivity index (χ1) is 17.3. The van der Waals surface area contributed by atoms with Gasteiger partial charge < -0.3 is 20.2 Å². The largest absolute Gasteiger partial charge is 0.478 e. The zero-order valence-electron chi connectivity index (χ0n) is 19.9. The van der Waals surface area contributed by atoms with Crippen LogP contribution >= 0.6 is 11.3 Å². The van der Waals surface area contributed by atoms with Crippen molar-refractivity contribution in [2.45, 2.75) is 38.8 Å². The summed E-state index contributed by atoms with van der Waals surface area (Å²) in [5, 5.41) is 9.94. The molecule has 3 atom stereocenters. The third-order valence-corrected chi connectivity index (χ3v) is 7.75. The van der Waals surface area contributed by atoms with Crippen molar-refractivity contribution in [3.63, 3.8) is 0 Å². The molecular weight excluding hydrogens is 481 g/mol. The number of furan rings is 1. The quantitative estimate of drug-likeness (QED) is 0.390. The van der Waals surface area contributed by atoms with Gasteiger partial charge in [0.05, 0.1) is 21.7 Å². The molecule has 2 aliphatic rings. The number of thiazole rings is 1. The van der Waals surface area contributed by atoms with Crippen LogP contribution in [-0.2, 0) is 0 Å². The molecule has 36 heavy (non-hydrogen) atoms. The number of hydrogen-bond donors (Lipinski definition) is 2. The molecular formula is C27H26FN3O4S. The van der Waals surface area contributed by atoms with Gasteiger partial charge in [-0.3, -0.25) is 4.79 Å². The van der Waals surface area contributed by atoms with Crippen LogP contribution in [0.3, 0.4) is 0 Å². The van der Waals surface area contributed by atoms with Gasteiger partial charge in [0.2, 0.25) is 0 Å². The highest BCUT2D eigenvalue weighted by Gasteiger charge is 2.54. The van der Waals surface area contributed by atoms with Gasteiger partial charge in [0.1, 0.15) is 5.69 Å². The summed E-state index contributed by atoms with van der Waals surface area (Å²) in [5.41, 5.74) is 8.79. The second-order valence-corrected chi connectivity index (χ2v) is 10.4. The van der Waals surface area contributed by atoms with E-state index in [0.717, 1.165) is 34.4 Å². The molecule has 0 radical (unpaired) electrons. The maximum atomic E-state index is 13.2. The van der Waals surface area contributed by atoms with E-state index in [2.05, 4.69) is 30.1 Å². The number of likely N-dealkylation sites (tertiary alicyclic amines) is 1. The fraction of sp³-hybridized carbons (Fsp3) is 0.296. The molecule has 186 valence electrons. The number of aryl methyl sites for hydroxylation is 2. The van der Waals surface area contributed by atoms with E-state index in [1.165, 1.54) is 24.0 Å². The van der Waals surface area contributed by atoms with E-state index in [-0.39, 0.29) is 28.5 Å². The number of aromatic nitrogens is 1. The third-order valence-electron chi connectivity index (χ3n) is 6.73. The Kier molecular flexibility index (Phi) is 6.36. The summed E-state index contributed by atoms with van der Waals surface area (Å²) in [4.78, 5) is 31.4. The second-order valence-electron chi connectivity index (χ2n) is 9.24. The van der Waals surface area contributed by atoms with Gasteiger partial charge in [-0.05, 0) is 56.4 Å². The van der Waals surface area contributed by atoms with Crippen LogP contribution in [0.1, 0.15) is 44.3 Å². The number of piperidine rings is 1. The first-order valence-electron chi connectivity index (χ1n) is 11.7. The standard InChI is InChI=1S/C18H21N3OS.C9H5FO3/c1-10-4-3-5-12(6-10)17-16(20-11(2)23-17)18(22)21-14(9-19)7-13-8-15(13)21;10-7-2-1-6(9(11)12)5-3-4-13-8(5)7/h3-6,13-15H,7-9,19H2,1-2H3;1-4H,(H,11,12)/t13-,14+,15+;/m1./s1. The molecule has 1 amide bonds. The number of amides is 1. The summed E-state index contributed by atoms with van der Waals surface area (Å²) in [6.45, 7) is 4.57. The van der Waals surface area contributed by atoms with Crippen LogP contribution in [-0.4, -0.2) is 45.5 Å². The normalized spacial score (nSPS) is 20.1. The molecule has 3 heterocycles. The number of benzene rings is 2. The molecule has 0 unspecified atom stereocenters. The summed E-state index contributed by atoms with van der Waals surface area (Å²) < 4.78 is 17.8. The Hall–Kier alpha value is -3.56. The Balaban J connectivity index is 0.000000174. The maximum absolute atomic E-state index is 13.2. The van der Waals surface area contributed by atoms with Crippen LogP contribution in [0.5, 0.6) is 0 Å². The summed E-state index contributed by atoms with van der Waals surface area (Å²) in [6.07, 6.45) is 3.45. The molecule has 3 N–H and O–H groups in total. The number of fused-ring (bicyclic) bond motifs is 2. The molecule has 2 aromatic carbocycles. The molecule has 1 saturated carbocycles. The van der Waals surface area contributed by atoms with Crippen molar-refractivity contribution < 1.29 is 23.5 Å². The number of carboxylic acids is 1. The SMILES string of the molecule is Cc1cccc(-c2sc(C)nc2C(=O)N2[C@H](CN)C[C@@H]3C[C@@H]32)c1.O=C(O)c1ccc(F)c2occc12. The van der Waals surface area contributed by atoms with Crippen molar-refractivity contribution in [1.82, 2.24) is 9.88 Å². The lowest BCUT2D eigenvalue weighted by Gasteiger charge is -2.26. The van der Waals surface area contributed by atoms with E-state index in [1.54, 1.807) is 11.3 Å². The maximum Gasteiger partial charge on any atom is 0.336 e. The van der Waals surface area contributed by atoms with Gasteiger partial charge in [0, 0.05) is 24.0 Å². The number of hydrogen-bond acceptors (Lipinski definition) is 6. The Labute approximate surface area is 211 Å². The average molecular weight is 508 g/mol. The lowest BCUT2D eigenvalue weighted by molar-refractivity contribution is 0.0690. The number of carboxylic acid groups (broad SMARTS) is 1. The highest BCUT2D eigenvalue weighted by atomic mass is 32.1. The second kappa shape index (κ2) is 9.48. The summed E-state index contributed by atoms with van der Waals surface area (Å²) in [5.74, 6) is -0.919. The Bertz CT molecular complexity index is 1460. The number of halogens is 1. The van der Waals surface area contributed by atoms with E-state index in [1.807, 2.05) is 17.9 Å². The van der Waals surface area contributed by atoms with Crippen molar-refractivity contribution in [3.8, 4) is 10.4 Å². The first-order valence-corrected chi connectivity index (χ1v) is 12.6. The molecule has 4 aromatic rings. The minimum Gasteiger partial charge on any atom is -0.478 e. The highest BCUT2D eigenvalue weighted by molar-refractivity contribution is 7.15. The average Bonchev–Trinajstić information content (AvgIpc) is 3.20. The van der Waals surface area contributed by atoms with Crippen LogP contribution in [0.15, 0.2) is 53.1 Å². The number of nitrogens with two attached hydrogens (primary N) is 1. The molecule has 0 bridgehead atoms. The third kappa shape index (κ3) is 4.40. The summed E-state index contributed by atoms with van der Waals surface area (Å²) in [7, 11) is 0. The fourth-order valence-electron chi connectivity index (χ4n) is 4.98. The number of carbonyl (C=O) groups is 2. The van der Waals surface area contributed by atoms with Gasteiger partial charge >= 0.3 is 5.97 Å². The van der Waals surface area contributed by atoms with Gasteiger partial charge in [-0.2, -0.15) is 0 Å². The van der Waals surface area contributed by atoms with Crippen LogP contribution in [0.4, 0.5) is 4.39 Å². The van der Waals surface area contributed by atoms with Gasteiger partial charge in [0.25, 0.3) is 5.91 Å². The summed E-state index contributed by atoms with van der Waals surface area (Å²) in [6, 6.07) is 12.6. The molecule has 1 aliphatic carbocycles. The predicted octanol–water partition coefficient (Wildman–Crippen LogP) is 5.26. The smallest absolute Gasteiger partial charge is 0.336 e. The first kappa shape index (κ1) is 24.1. The molecule has 0 spiro atoms. The van der Waals surface area contributed by atoms with Crippen molar-refractivity contribution in [2.24, 2.45) is 11.7 Å². The molecule has 1 saturated heterocycles. The van der Waals surface area contributed by atoms with E-state index >= 15 is 0 Å². The van der Waals surface area contributed by atoms with Crippen LogP contribution < -0.4 is 5.73 Å². The number of rotatable bonds is 4. The molecule has 9 heteroatoms. The van der Waals surface area contributed by atoms with Crippen molar-refractivity contribution in [2.75, 3.05) is 6.54 Å². The molecule has 2 aromatic heterocycles. The van der Waals surface area contributed by atoms with Crippen LogP contribution in [0.2, 0.25) is 0 Å². The van der Waals surface area contributed by atoms with Crippen molar-refractivity contribution in [1.29, 1.82) is 0 Å². The van der Waals surface area contributed by atoms with E-state index in [4.69, 9.17) is 15.3 Å². The monoisotopic (exact) mass is 507 g/mol.